The van der Waals surface area contributed by atoms with Gasteiger partial charge in [-0.25, -0.2) is 4.39 Å². The molecule has 0 unspecified atom stereocenters. The van der Waals surface area contributed by atoms with Gasteiger partial charge >= 0.3 is 0 Å². The van der Waals surface area contributed by atoms with Gasteiger partial charge in [-0.05, 0) is 31.4 Å². The Kier molecular flexibility index (Phi) is 3.26. The van der Waals surface area contributed by atoms with Gasteiger partial charge in [0.05, 0.1) is 6.10 Å². The molecule has 0 amide bonds. The first-order chi connectivity index (χ1) is 7.15. The monoisotopic (exact) mass is 274 g/mol. The van der Waals surface area contributed by atoms with Gasteiger partial charge in [0, 0.05) is 10.5 Å². The Balaban J connectivity index is 2.10. The molecule has 0 aliphatic heterocycles. The van der Waals surface area contributed by atoms with Gasteiger partial charge in [0.25, 0.3) is 0 Å². The van der Waals surface area contributed by atoms with Gasteiger partial charge in [-0.2, -0.15) is 0 Å². The van der Waals surface area contributed by atoms with Crippen LogP contribution < -0.4 is 4.74 Å². The zero-order valence-corrected chi connectivity index (χ0v) is 9.71. The molecule has 1 fully saturated rings. The lowest BCUT2D eigenvalue weighted by Crippen LogP contribution is -2.25. The Morgan fingerprint density at radius 1 is 1.33 bits per heavy atom. The molecule has 1 aromatic rings. The maximum Gasteiger partial charge on any atom is 0.128 e. The summed E-state index contributed by atoms with van der Waals surface area (Å²) in [5.74, 6) is 0.125. The minimum Gasteiger partial charge on any atom is -0.488 e. The number of aliphatic hydroxyl groups is 1. The van der Waals surface area contributed by atoms with Crippen molar-refractivity contribution >= 4 is 15.9 Å². The van der Waals surface area contributed by atoms with E-state index in [2.05, 4.69) is 15.9 Å². The summed E-state index contributed by atoms with van der Waals surface area (Å²) >= 11 is 3.19. The molecule has 82 valence electrons. The van der Waals surface area contributed by atoms with Crippen molar-refractivity contribution in [1.82, 2.24) is 0 Å². The number of hydrogen-bond acceptors (Lipinski definition) is 2. The average molecular weight is 275 g/mol. The number of rotatable bonds is 2. The molecule has 0 spiro atoms. The second kappa shape index (κ2) is 4.49. The van der Waals surface area contributed by atoms with E-state index in [1.54, 1.807) is 6.07 Å². The lowest BCUT2D eigenvalue weighted by molar-refractivity contribution is 0.0601. The second-order valence-electron chi connectivity index (χ2n) is 3.76. The van der Waals surface area contributed by atoms with Crippen LogP contribution in [0.1, 0.15) is 19.3 Å². The number of hydrogen-bond donors (Lipinski definition) is 1. The van der Waals surface area contributed by atoms with Gasteiger partial charge in [-0.15, -0.1) is 0 Å². The molecule has 0 saturated heterocycles. The van der Waals surface area contributed by atoms with Crippen molar-refractivity contribution in [2.45, 2.75) is 31.5 Å². The SMILES string of the molecule is O[C@H]1CCC[C@@H]1Oc1cc(F)cc(Br)c1. The summed E-state index contributed by atoms with van der Waals surface area (Å²) in [5.41, 5.74) is 0. The van der Waals surface area contributed by atoms with Crippen LogP contribution in [0.15, 0.2) is 22.7 Å². The number of benzene rings is 1. The molecule has 1 N–H and O–H groups in total. The molecule has 0 heterocycles. The normalized spacial score (nSPS) is 25.5. The van der Waals surface area contributed by atoms with Crippen LogP contribution in [-0.4, -0.2) is 17.3 Å². The fourth-order valence-corrected chi connectivity index (χ4v) is 2.26. The fourth-order valence-electron chi connectivity index (χ4n) is 1.82. The third-order valence-electron chi connectivity index (χ3n) is 2.54. The number of ether oxygens (including phenoxy) is 1. The molecule has 2 rings (SSSR count). The Morgan fingerprint density at radius 3 is 2.73 bits per heavy atom. The summed E-state index contributed by atoms with van der Waals surface area (Å²) in [6.45, 7) is 0. The van der Waals surface area contributed by atoms with Crippen molar-refractivity contribution in [1.29, 1.82) is 0 Å². The minimum atomic E-state index is -0.424. The van der Waals surface area contributed by atoms with Crippen molar-refractivity contribution < 1.29 is 14.2 Å². The van der Waals surface area contributed by atoms with Crippen LogP contribution >= 0.6 is 15.9 Å². The van der Waals surface area contributed by atoms with Gasteiger partial charge in [0.2, 0.25) is 0 Å². The molecule has 15 heavy (non-hydrogen) atoms. The highest BCUT2D eigenvalue weighted by Crippen LogP contribution is 2.27. The zero-order valence-electron chi connectivity index (χ0n) is 8.12. The van der Waals surface area contributed by atoms with Crippen molar-refractivity contribution in [2.24, 2.45) is 0 Å². The van der Waals surface area contributed by atoms with E-state index < -0.39 is 6.10 Å². The lowest BCUT2D eigenvalue weighted by Gasteiger charge is -2.17. The van der Waals surface area contributed by atoms with Crippen molar-refractivity contribution in [3.63, 3.8) is 0 Å². The van der Waals surface area contributed by atoms with Gasteiger partial charge in [-0.1, -0.05) is 15.9 Å². The first-order valence-corrected chi connectivity index (χ1v) is 5.75. The zero-order chi connectivity index (χ0) is 10.8. The van der Waals surface area contributed by atoms with Gasteiger partial charge in [0.1, 0.15) is 17.7 Å². The lowest BCUT2D eigenvalue weighted by atomic mass is 10.2. The highest BCUT2D eigenvalue weighted by molar-refractivity contribution is 9.10. The maximum absolute atomic E-state index is 13.0. The maximum atomic E-state index is 13.0. The topological polar surface area (TPSA) is 29.5 Å². The molecule has 2 nitrogen and oxygen atoms in total. The van der Waals surface area contributed by atoms with Crippen LogP contribution in [0.2, 0.25) is 0 Å². The smallest absolute Gasteiger partial charge is 0.128 e. The van der Waals surface area contributed by atoms with Gasteiger partial charge in [0.15, 0.2) is 0 Å². The van der Waals surface area contributed by atoms with Gasteiger partial charge in [-0.3, -0.25) is 0 Å². The van der Waals surface area contributed by atoms with Crippen LogP contribution in [0, 0.1) is 5.82 Å². The molecule has 1 saturated carbocycles. The standard InChI is InChI=1S/C11H12BrFO2/c12-7-4-8(13)6-9(5-7)15-11-3-1-2-10(11)14/h4-6,10-11,14H,1-3H2/t10-,11-/m0/s1. The third-order valence-corrected chi connectivity index (χ3v) is 3.00. The second-order valence-corrected chi connectivity index (χ2v) is 4.68. The van der Waals surface area contributed by atoms with Crippen LogP contribution in [0.5, 0.6) is 5.75 Å². The molecule has 0 aromatic heterocycles. The van der Waals surface area contributed by atoms with E-state index in [-0.39, 0.29) is 11.9 Å². The highest BCUT2D eigenvalue weighted by atomic mass is 79.9. The van der Waals surface area contributed by atoms with Crippen molar-refractivity contribution in [3.05, 3.63) is 28.5 Å². The van der Waals surface area contributed by atoms with Crippen LogP contribution in [0.4, 0.5) is 4.39 Å². The van der Waals surface area contributed by atoms with Crippen LogP contribution in [0.25, 0.3) is 0 Å². The molecule has 1 aliphatic carbocycles. The summed E-state index contributed by atoms with van der Waals surface area (Å²) in [4.78, 5) is 0. The van der Waals surface area contributed by atoms with Crippen LogP contribution in [-0.2, 0) is 0 Å². The molecular weight excluding hydrogens is 263 g/mol. The quantitative estimate of drug-likeness (QED) is 0.899. The summed E-state index contributed by atoms with van der Waals surface area (Å²) in [6, 6.07) is 4.40. The molecule has 4 heteroatoms. The van der Waals surface area contributed by atoms with E-state index in [0.717, 1.165) is 19.3 Å². The summed E-state index contributed by atoms with van der Waals surface area (Å²) in [7, 11) is 0. The van der Waals surface area contributed by atoms with E-state index in [9.17, 15) is 9.50 Å². The summed E-state index contributed by atoms with van der Waals surface area (Å²) in [6.07, 6.45) is 1.93. The molecule has 0 bridgehead atoms. The van der Waals surface area contributed by atoms with E-state index in [1.807, 2.05) is 0 Å². The first-order valence-electron chi connectivity index (χ1n) is 4.96. The molecular formula is C11H12BrFO2. The van der Waals surface area contributed by atoms with E-state index in [4.69, 9.17) is 4.74 Å². The number of halogens is 2. The molecule has 0 radical (unpaired) electrons. The Labute approximate surface area is 96.2 Å². The van der Waals surface area contributed by atoms with E-state index in [1.165, 1.54) is 12.1 Å². The van der Waals surface area contributed by atoms with Gasteiger partial charge < -0.3 is 9.84 Å². The largest absolute Gasteiger partial charge is 0.488 e. The molecule has 1 aliphatic rings. The third kappa shape index (κ3) is 2.69. The average Bonchev–Trinajstić information content (AvgIpc) is 2.50. The van der Waals surface area contributed by atoms with E-state index >= 15 is 0 Å². The Morgan fingerprint density at radius 2 is 2.13 bits per heavy atom. The Bertz CT molecular complexity index is 336. The summed E-state index contributed by atoms with van der Waals surface area (Å²) in [5, 5.41) is 9.56. The Hall–Kier alpha value is -0.610. The molecule has 1 aromatic carbocycles. The fraction of sp³-hybridized carbons (Fsp3) is 0.455. The first kappa shape index (κ1) is 10.9. The summed E-state index contributed by atoms with van der Waals surface area (Å²) < 4.78 is 19.2. The van der Waals surface area contributed by atoms with Crippen molar-refractivity contribution in [2.75, 3.05) is 0 Å². The predicted molar refractivity (Wildman–Crippen MR) is 58.4 cm³/mol. The molecule has 2 atom stereocenters. The van der Waals surface area contributed by atoms with E-state index in [0.29, 0.717) is 10.2 Å². The van der Waals surface area contributed by atoms with Crippen molar-refractivity contribution in [3.8, 4) is 5.75 Å². The predicted octanol–water partition coefficient (Wildman–Crippen LogP) is 2.88. The number of aliphatic hydroxyl groups excluding tert-OH is 1. The van der Waals surface area contributed by atoms with Crippen LogP contribution in [0.3, 0.4) is 0 Å². The highest BCUT2D eigenvalue weighted by Gasteiger charge is 2.26. The minimum absolute atomic E-state index is 0.196.